The highest BCUT2D eigenvalue weighted by molar-refractivity contribution is 5.81. The molecule has 0 radical (unpaired) electrons. The number of alkyl halides is 2. The lowest BCUT2D eigenvalue weighted by molar-refractivity contribution is -0.125. The molecule has 1 aliphatic heterocycles. The number of aromatic nitrogens is 5. The molecular formula is C30H35F2N9O2. The number of aliphatic hydroxyl groups excluding tert-OH is 1. The van der Waals surface area contributed by atoms with Crippen LogP contribution >= 0.6 is 0 Å². The highest BCUT2D eigenvalue weighted by Gasteiger charge is 2.33. The molecule has 2 aromatic heterocycles. The Labute approximate surface area is 247 Å². The summed E-state index contributed by atoms with van der Waals surface area (Å²) in [6, 6.07) is 13.4. The molecule has 0 unspecified atom stereocenters. The molecule has 0 saturated carbocycles. The number of nitrogens with one attached hydrogen (secondary N) is 3. The van der Waals surface area contributed by atoms with E-state index in [2.05, 4.69) is 31.2 Å². The highest BCUT2D eigenvalue weighted by atomic mass is 19.3. The van der Waals surface area contributed by atoms with Crippen molar-refractivity contribution in [2.24, 2.45) is 5.92 Å². The van der Waals surface area contributed by atoms with E-state index in [9.17, 15) is 18.7 Å². The standard InChI is InChI=1S/C30H35F2N9O2/c1-17(2)41-23-13-20(9-10-22(23)38-39-41)35-30-34-14-24(40-11-5-7-19(16-40)29(43)33-15-26(31)32)28(37-30)36-27-21-8-4-3-6-18(21)12-25(27)42/h3-4,6,8-10,13-14,17,19,25-27,42H,5,7,11-12,15-16H2,1-2H3,(H,33,43)(H2,34,35,36,37)/t19-,25+,27-/m0/s1. The van der Waals surface area contributed by atoms with Gasteiger partial charge in [-0.3, -0.25) is 4.79 Å². The number of anilines is 4. The molecule has 2 aromatic carbocycles. The zero-order chi connectivity index (χ0) is 30.1. The summed E-state index contributed by atoms with van der Waals surface area (Å²) < 4.78 is 27.3. The van der Waals surface area contributed by atoms with Crippen LogP contribution in [-0.2, 0) is 11.2 Å². The summed E-state index contributed by atoms with van der Waals surface area (Å²) in [6.07, 6.45) is 0.274. The molecule has 2 aliphatic rings. The molecule has 226 valence electrons. The van der Waals surface area contributed by atoms with Crippen LogP contribution in [0.2, 0.25) is 0 Å². The van der Waals surface area contributed by atoms with Crippen molar-refractivity contribution in [3.8, 4) is 0 Å². The van der Waals surface area contributed by atoms with E-state index in [1.165, 1.54) is 0 Å². The summed E-state index contributed by atoms with van der Waals surface area (Å²) in [5.74, 6) is 0.0199. The summed E-state index contributed by atoms with van der Waals surface area (Å²) in [5, 5.41) is 28.6. The van der Waals surface area contributed by atoms with Gasteiger partial charge in [-0.25, -0.2) is 18.4 Å². The SMILES string of the molecule is CC(C)n1nnc2ccc(Nc3ncc(N4CCC[C@H](C(=O)NCC(F)F)C4)c(N[C@H]4c5ccccc5C[C@H]4O)n3)cc21. The Bertz CT molecular complexity index is 1610. The number of hydrogen-bond donors (Lipinski definition) is 4. The first-order valence-corrected chi connectivity index (χ1v) is 14.6. The third-order valence-electron chi connectivity index (χ3n) is 8.05. The van der Waals surface area contributed by atoms with Crippen LogP contribution in [0, 0.1) is 5.92 Å². The number of nitrogens with zero attached hydrogens (tertiary/aromatic N) is 6. The molecule has 13 heteroatoms. The molecule has 1 fully saturated rings. The van der Waals surface area contributed by atoms with Crippen molar-refractivity contribution in [3.05, 3.63) is 59.8 Å². The lowest BCUT2D eigenvalue weighted by Crippen LogP contribution is -2.44. The van der Waals surface area contributed by atoms with Gasteiger partial charge < -0.3 is 26.0 Å². The number of halogens is 2. The van der Waals surface area contributed by atoms with Crippen LogP contribution in [0.25, 0.3) is 11.0 Å². The van der Waals surface area contributed by atoms with Crippen LogP contribution < -0.4 is 20.9 Å². The molecule has 43 heavy (non-hydrogen) atoms. The number of amides is 1. The lowest BCUT2D eigenvalue weighted by atomic mass is 9.96. The van der Waals surface area contributed by atoms with Crippen LogP contribution in [0.4, 0.5) is 31.9 Å². The summed E-state index contributed by atoms with van der Waals surface area (Å²) in [4.78, 5) is 24.1. The minimum atomic E-state index is -2.60. The van der Waals surface area contributed by atoms with Crippen molar-refractivity contribution >= 4 is 40.1 Å². The average Bonchev–Trinajstić information content (AvgIpc) is 3.56. The molecule has 1 amide bonds. The molecular weight excluding hydrogens is 556 g/mol. The number of carbonyl (C=O) groups excluding carboxylic acids is 1. The quantitative estimate of drug-likeness (QED) is 0.226. The van der Waals surface area contributed by atoms with E-state index >= 15 is 0 Å². The van der Waals surface area contributed by atoms with Gasteiger partial charge in [-0.15, -0.1) is 5.10 Å². The van der Waals surface area contributed by atoms with Gasteiger partial charge in [-0.1, -0.05) is 29.5 Å². The predicted octanol–water partition coefficient (Wildman–Crippen LogP) is 4.21. The maximum Gasteiger partial charge on any atom is 0.255 e. The number of fused-ring (bicyclic) bond motifs is 2. The topological polar surface area (TPSA) is 133 Å². The Morgan fingerprint density at radius 2 is 2.02 bits per heavy atom. The van der Waals surface area contributed by atoms with E-state index in [0.29, 0.717) is 49.8 Å². The maximum absolute atomic E-state index is 12.7. The van der Waals surface area contributed by atoms with Crippen molar-refractivity contribution in [2.75, 3.05) is 35.2 Å². The maximum atomic E-state index is 12.7. The number of piperidine rings is 1. The zero-order valence-corrected chi connectivity index (χ0v) is 24.0. The van der Waals surface area contributed by atoms with Crippen LogP contribution in [-0.4, -0.2) is 68.1 Å². The van der Waals surface area contributed by atoms with Crippen LogP contribution in [0.1, 0.15) is 49.9 Å². The molecule has 4 aromatic rings. The minimum Gasteiger partial charge on any atom is -0.390 e. The van der Waals surface area contributed by atoms with Gasteiger partial charge in [0.2, 0.25) is 11.9 Å². The molecule has 1 saturated heterocycles. The van der Waals surface area contributed by atoms with Gasteiger partial charge in [0.05, 0.1) is 42.0 Å². The third kappa shape index (κ3) is 6.07. The number of benzene rings is 2. The van der Waals surface area contributed by atoms with Gasteiger partial charge >= 0.3 is 0 Å². The van der Waals surface area contributed by atoms with Crippen LogP contribution in [0.5, 0.6) is 0 Å². The second kappa shape index (κ2) is 12.1. The minimum absolute atomic E-state index is 0.137. The molecule has 0 spiro atoms. The van der Waals surface area contributed by atoms with Crippen molar-refractivity contribution < 1.29 is 18.7 Å². The van der Waals surface area contributed by atoms with E-state index in [-0.39, 0.29) is 11.9 Å². The Morgan fingerprint density at radius 1 is 1.19 bits per heavy atom. The third-order valence-corrected chi connectivity index (χ3v) is 8.05. The molecule has 3 heterocycles. The Balaban J connectivity index is 1.31. The number of carbonyl (C=O) groups is 1. The molecule has 4 N–H and O–H groups in total. The number of aliphatic hydroxyl groups is 1. The summed E-state index contributed by atoms with van der Waals surface area (Å²) >= 11 is 0. The lowest BCUT2D eigenvalue weighted by Gasteiger charge is -2.35. The first-order chi connectivity index (χ1) is 20.8. The number of hydrogen-bond acceptors (Lipinski definition) is 9. The Hall–Kier alpha value is -4.39. The first kappa shape index (κ1) is 28.7. The molecule has 6 rings (SSSR count). The van der Waals surface area contributed by atoms with E-state index in [4.69, 9.17) is 4.98 Å². The first-order valence-electron chi connectivity index (χ1n) is 14.6. The zero-order valence-electron chi connectivity index (χ0n) is 24.0. The van der Waals surface area contributed by atoms with Gasteiger partial charge in [-0.05, 0) is 56.0 Å². The van der Waals surface area contributed by atoms with E-state index < -0.39 is 31.0 Å². The summed E-state index contributed by atoms with van der Waals surface area (Å²) in [7, 11) is 0. The predicted molar refractivity (Wildman–Crippen MR) is 160 cm³/mol. The average molecular weight is 592 g/mol. The smallest absolute Gasteiger partial charge is 0.255 e. The van der Waals surface area contributed by atoms with Crippen molar-refractivity contribution in [3.63, 3.8) is 0 Å². The summed E-state index contributed by atoms with van der Waals surface area (Å²) in [5.41, 5.74) is 5.16. The van der Waals surface area contributed by atoms with Crippen LogP contribution in [0.3, 0.4) is 0 Å². The van der Waals surface area contributed by atoms with Gasteiger partial charge in [0, 0.05) is 31.2 Å². The van der Waals surface area contributed by atoms with Gasteiger partial charge in [0.1, 0.15) is 5.52 Å². The molecule has 1 aliphatic carbocycles. The second-order valence-corrected chi connectivity index (χ2v) is 11.4. The van der Waals surface area contributed by atoms with E-state index in [0.717, 1.165) is 27.8 Å². The van der Waals surface area contributed by atoms with Crippen LogP contribution in [0.15, 0.2) is 48.7 Å². The van der Waals surface area contributed by atoms with Gasteiger partial charge in [0.15, 0.2) is 5.82 Å². The highest BCUT2D eigenvalue weighted by Crippen LogP contribution is 2.37. The van der Waals surface area contributed by atoms with Crippen molar-refractivity contribution in [1.82, 2.24) is 30.3 Å². The Morgan fingerprint density at radius 3 is 2.84 bits per heavy atom. The van der Waals surface area contributed by atoms with Gasteiger partial charge in [0.25, 0.3) is 6.43 Å². The monoisotopic (exact) mass is 591 g/mol. The fourth-order valence-corrected chi connectivity index (χ4v) is 5.92. The second-order valence-electron chi connectivity index (χ2n) is 11.4. The number of rotatable bonds is 9. The Kier molecular flexibility index (Phi) is 8.06. The molecule has 3 atom stereocenters. The van der Waals surface area contributed by atoms with Gasteiger partial charge in [-0.2, -0.15) is 4.98 Å². The van der Waals surface area contributed by atoms with Crippen molar-refractivity contribution in [1.29, 1.82) is 0 Å². The normalized spacial score (nSPS) is 20.1. The van der Waals surface area contributed by atoms with E-state index in [1.807, 2.05) is 65.9 Å². The molecule has 11 nitrogen and oxygen atoms in total. The largest absolute Gasteiger partial charge is 0.390 e. The van der Waals surface area contributed by atoms with Crippen molar-refractivity contribution in [2.45, 2.75) is 57.7 Å². The van der Waals surface area contributed by atoms with E-state index in [1.54, 1.807) is 6.20 Å². The summed E-state index contributed by atoms with van der Waals surface area (Å²) in [6.45, 7) is 4.40. The molecule has 0 bridgehead atoms. The fraction of sp³-hybridized carbons (Fsp3) is 0.433. The fourth-order valence-electron chi connectivity index (χ4n) is 5.92.